The summed E-state index contributed by atoms with van der Waals surface area (Å²) in [5.74, 6) is 0. The quantitative estimate of drug-likeness (QED) is 0.218. The zero-order chi connectivity index (χ0) is 28.6. The molecular formula is C38H40N2. The van der Waals surface area contributed by atoms with E-state index < -0.39 is 0 Å². The van der Waals surface area contributed by atoms with Crippen molar-refractivity contribution in [2.75, 3.05) is 9.80 Å². The molecule has 0 aromatic heterocycles. The molecule has 202 valence electrons. The molecule has 0 bridgehead atoms. The zero-order valence-corrected chi connectivity index (χ0v) is 25.1. The van der Waals surface area contributed by atoms with Crippen molar-refractivity contribution < 1.29 is 0 Å². The molecule has 0 aliphatic carbocycles. The summed E-state index contributed by atoms with van der Waals surface area (Å²) in [5, 5.41) is 0. The Morgan fingerprint density at radius 3 is 0.650 bits per heavy atom. The number of hydrogen-bond acceptors (Lipinski definition) is 2. The standard InChI is InChI=1S/C38H40N2/c1-25-9-13-35(21-29(25)5)39(36-14-10-26(2)30(6)22-36)33-17-19-34(20-18-33)40(37-15-11-27(3)31(7)23-37)38-16-12-28(4)32(8)24-38/h9-24H,1-8H3. The van der Waals surface area contributed by atoms with E-state index >= 15 is 0 Å². The van der Waals surface area contributed by atoms with Crippen LogP contribution in [0, 0.1) is 55.4 Å². The fourth-order valence-electron chi connectivity index (χ4n) is 5.10. The first-order valence-electron chi connectivity index (χ1n) is 14.1. The molecule has 0 unspecified atom stereocenters. The zero-order valence-electron chi connectivity index (χ0n) is 25.1. The van der Waals surface area contributed by atoms with Gasteiger partial charge in [-0.05, 0) is 173 Å². The minimum Gasteiger partial charge on any atom is -0.310 e. The van der Waals surface area contributed by atoms with Gasteiger partial charge in [-0.1, -0.05) is 24.3 Å². The van der Waals surface area contributed by atoms with E-state index in [-0.39, 0.29) is 0 Å². The van der Waals surface area contributed by atoms with Crippen LogP contribution in [0.3, 0.4) is 0 Å². The average Bonchev–Trinajstić information content (AvgIpc) is 2.93. The van der Waals surface area contributed by atoms with Crippen molar-refractivity contribution in [3.05, 3.63) is 142 Å². The summed E-state index contributed by atoms with van der Waals surface area (Å²) in [6.07, 6.45) is 0. The molecule has 0 spiro atoms. The normalized spacial score (nSPS) is 11.0. The van der Waals surface area contributed by atoms with Crippen LogP contribution in [0.4, 0.5) is 34.1 Å². The van der Waals surface area contributed by atoms with Gasteiger partial charge in [-0.15, -0.1) is 0 Å². The lowest BCUT2D eigenvalue weighted by Gasteiger charge is -2.29. The number of rotatable bonds is 6. The molecule has 0 atom stereocenters. The highest BCUT2D eigenvalue weighted by Gasteiger charge is 2.17. The molecule has 0 saturated heterocycles. The van der Waals surface area contributed by atoms with E-state index in [2.05, 4.69) is 162 Å². The van der Waals surface area contributed by atoms with Crippen LogP contribution in [-0.2, 0) is 0 Å². The Morgan fingerprint density at radius 1 is 0.250 bits per heavy atom. The van der Waals surface area contributed by atoms with E-state index in [0.29, 0.717) is 0 Å². The number of aryl methyl sites for hydroxylation is 8. The van der Waals surface area contributed by atoms with E-state index in [0.717, 1.165) is 11.4 Å². The van der Waals surface area contributed by atoms with Gasteiger partial charge >= 0.3 is 0 Å². The molecule has 5 aromatic rings. The summed E-state index contributed by atoms with van der Waals surface area (Å²) in [7, 11) is 0. The van der Waals surface area contributed by atoms with Gasteiger partial charge in [0.05, 0.1) is 0 Å². The molecule has 0 fully saturated rings. The van der Waals surface area contributed by atoms with Crippen LogP contribution in [0.2, 0.25) is 0 Å². The Labute approximate surface area is 240 Å². The van der Waals surface area contributed by atoms with Crippen molar-refractivity contribution in [3.8, 4) is 0 Å². The summed E-state index contributed by atoms with van der Waals surface area (Å²) in [6.45, 7) is 17.4. The molecule has 2 nitrogen and oxygen atoms in total. The molecule has 0 aliphatic rings. The molecule has 40 heavy (non-hydrogen) atoms. The average molecular weight is 525 g/mol. The van der Waals surface area contributed by atoms with Crippen LogP contribution in [0.25, 0.3) is 0 Å². The second-order valence-electron chi connectivity index (χ2n) is 11.3. The highest BCUT2D eigenvalue weighted by atomic mass is 15.2. The SMILES string of the molecule is Cc1ccc(N(c2ccc(N(c3ccc(C)c(C)c3)c3ccc(C)c(C)c3)cc2)c2ccc(C)c(C)c2)cc1C. The van der Waals surface area contributed by atoms with E-state index in [1.165, 1.54) is 67.3 Å². The molecule has 0 amide bonds. The first kappa shape index (κ1) is 27.3. The first-order valence-corrected chi connectivity index (χ1v) is 14.1. The fraction of sp³-hybridized carbons (Fsp3) is 0.211. The summed E-state index contributed by atoms with van der Waals surface area (Å²) in [4.78, 5) is 4.72. The molecular weight excluding hydrogens is 484 g/mol. The molecule has 0 aliphatic heterocycles. The van der Waals surface area contributed by atoms with Crippen LogP contribution in [-0.4, -0.2) is 0 Å². The lowest BCUT2D eigenvalue weighted by molar-refractivity contribution is 1.21. The Hall–Kier alpha value is -4.30. The minimum atomic E-state index is 1.13. The van der Waals surface area contributed by atoms with Crippen molar-refractivity contribution in [1.29, 1.82) is 0 Å². The first-order chi connectivity index (χ1) is 19.1. The van der Waals surface area contributed by atoms with Crippen LogP contribution >= 0.6 is 0 Å². The number of benzene rings is 5. The van der Waals surface area contributed by atoms with Gasteiger partial charge in [-0.25, -0.2) is 0 Å². The van der Waals surface area contributed by atoms with Gasteiger partial charge in [0.1, 0.15) is 0 Å². The Bertz CT molecular complexity index is 1450. The minimum absolute atomic E-state index is 1.13. The molecule has 0 N–H and O–H groups in total. The van der Waals surface area contributed by atoms with Gasteiger partial charge < -0.3 is 9.80 Å². The van der Waals surface area contributed by atoms with Crippen molar-refractivity contribution >= 4 is 34.1 Å². The van der Waals surface area contributed by atoms with Crippen molar-refractivity contribution in [1.82, 2.24) is 0 Å². The molecule has 0 heterocycles. The van der Waals surface area contributed by atoms with Gasteiger partial charge in [-0.3, -0.25) is 0 Å². The number of nitrogens with zero attached hydrogens (tertiary/aromatic N) is 2. The predicted octanol–water partition coefficient (Wildman–Crippen LogP) is 11.1. The summed E-state index contributed by atoms with van der Waals surface area (Å²) in [5.41, 5.74) is 17.3. The number of anilines is 6. The monoisotopic (exact) mass is 524 g/mol. The maximum Gasteiger partial charge on any atom is 0.0464 e. The maximum absolute atomic E-state index is 2.36. The van der Waals surface area contributed by atoms with E-state index in [1.807, 2.05) is 0 Å². The van der Waals surface area contributed by atoms with E-state index in [9.17, 15) is 0 Å². The fourth-order valence-corrected chi connectivity index (χ4v) is 5.10. The molecule has 0 radical (unpaired) electrons. The van der Waals surface area contributed by atoms with Gasteiger partial charge in [-0.2, -0.15) is 0 Å². The largest absolute Gasteiger partial charge is 0.310 e. The third-order valence-corrected chi connectivity index (χ3v) is 8.36. The van der Waals surface area contributed by atoms with E-state index in [4.69, 9.17) is 0 Å². The van der Waals surface area contributed by atoms with Gasteiger partial charge in [0.15, 0.2) is 0 Å². The molecule has 0 saturated carbocycles. The Balaban J connectivity index is 1.63. The smallest absolute Gasteiger partial charge is 0.0464 e. The van der Waals surface area contributed by atoms with Crippen molar-refractivity contribution in [2.45, 2.75) is 55.4 Å². The van der Waals surface area contributed by atoms with Crippen molar-refractivity contribution in [3.63, 3.8) is 0 Å². The molecule has 5 rings (SSSR count). The summed E-state index contributed by atoms with van der Waals surface area (Å²) < 4.78 is 0. The van der Waals surface area contributed by atoms with Crippen LogP contribution in [0.5, 0.6) is 0 Å². The Morgan fingerprint density at radius 2 is 0.450 bits per heavy atom. The second-order valence-corrected chi connectivity index (χ2v) is 11.3. The highest BCUT2D eigenvalue weighted by Crippen LogP contribution is 2.40. The van der Waals surface area contributed by atoms with Crippen LogP contribution in [0.1, 0.15) is 44.5 Å². The van der Waals surface area contributed by atoms with Gasteiger partial charge in [0.2, 0.25) is 0 Å². The van der Waals surface area contributed by atoms with Gasteiger partial charge in [0, 0.05) is 34.1 Å². The Kier molecular flexibility index (Phi) is 7.54. The highest BCUT2D eigenvalue weighted by molar-refractivity contribution is 5.82. The number of hydrogen-bond donors (Lipinski definition) is 0. The van der Waals surface area contributed by atoms with Crippen LogP contribution < -0.4 is 9.80 Å². The lowest BCUT2D eigenvalue weighted by Crippen LogP contribution is -2.13. The van der Waals surface area contributed by atoms with Crippen LogP contribution in [0.15, 0.2) is 97.1 Å². The van der Waals surface area contributed by atoms with Crippen molar-refractivity contribution in [2.24, 2.45) is 0 Å². The third kappa shape index (κ3) is 5.40. The second kappa shape index (κ2) is 11.1. The molecule has 2 heteroatoms. The lowest BCUT2D eigenvalue weighted by atomic mass is 10.0. The van der Waals surface area contributed by atoms with Gasteiger partial charge in [0.25, 0.3) is 0 Å². The predicted molar refractivity (Wildman–Crippen MR) is 174 cm³/mol. The third-order valence-electron chi connectivity index (χ3n) is 8.36. The summed E-state index contributed by atoms with van der Waals surface area (Å²) in [6, 6.07) is 35.9. The maximum atomic E-state index is 2.36. The summed E-state index contributed by atoms with van der Waals surface area (Å²) >= 11 is 0. The topological polar surface area (TPSA) is 6.48 Å². The van der Waals surface area contributed by atoms with E-state index in [1.54, 1.807) is 0 Å². The molecule has 5 aromatic carbocycles.